The van der Waals surface area contributed by atoms with Crippen molar-refractivity contribution in [1.82, 2.24) is 20.6 Å². The SMILES string of the molecule is O=C(N/N=C/c1c[nH]c2ccccc12)c1n[nH]c(=O)c2ccccc12. The Balaban J connectivity index is 1.61. The van der Waals surface area contributed by atoms with Crippen LogP contribution in [0, 0.1) is 0 Å². The predicted molar refractivity (Wildman–Crippen MR) is 95.7 cm³/mol. The Morgan fingerprint density at radius 3 is 2.60 bits per heavy atom. The highest BCUT2D eigenvalue weighted by molar-refractivity contribution is 6.05. The van der Waals surface area contributed by atoms with E-state index in [4.69, 9.17) is 0 Å². The number of hydrazone groups is 1. The number of aromatic amines is 2. The highest BCUT2D eigenvalue weighted by Crippen LogP contribution is 2.15. The molecule has 4 rings (SSSR count). The van der Waals surface area contributed by atoms with Gasteiger partial charge in [0.25, 0.3) is 11.5 Å². The van der Waals surface area contributed by atoms with Crippen molar-refractivity contribution < 1.29 is 4.79 Å². The highest BCUT2D eigenvalue weighted by Gasteiger charge is 2.13. The molecule has 7 nitrogen and oxygen atoms in total. The quantitative estimate of drug-likeness (QED) is 0.396. The standard InChI is InChI=1S/C18H13N5O2/c24-17-14-7-2-1-6-13(14)16(21-23-17)18(25)22-20-10-11-9-19-15-8-4-3-5-12(11)15/h1-10,19H,(H,22,25)(H,23,24)/b20-10+. The number of fused-ring (bicyclic) bond motifs is 2. The van der Waals surface area contributed by atoms with Crippen molar-refractivity contribution in [3.63, 3.8) is 0 Å². The van der Waals surface area contributed by atoms with Gasteiger partial charge in [-0.2, -0.15) is 10.2 Å². The minimum absolute atomic E-state index is 0.117. The zero-order valence-corrected chi connectivity index (χ0v) is 13.0. The van der Waals surface area contributed by atoms with Crippen molar-refractivity contribution in [2.75, 3.05) is 0 Å². The molecule has 7 heteroatoms. The fourth-order valence-electron chi connectivity index (χ4n) is 2.70. The van der Waals surface area contributed by atoms with Gasteiger partial charge in [0.15, 0.2) is 5.69 Å². The van der Waals surface area contributed by atoms with Crippen molar-refractivity contribution in [3.8, 4) is 0 Å². The molecule has 1 amide bonds. The zero-order chi connectivity index (χ0) is 17.2. The van der Waals surface area contributed by atoms with Crippen LogP contribution in [0.5, 0.6) is 0 Å². The molecular formula is C18H13N5O2. The number of carbonyl (C=O) groups excluding carboxylic acids is 1. The predicted octanol–water partition coefficient (Wildman–Crippen LogP) is 2.17. The lowest BCUT2D eigenvalue weighted by molar-refractivity contribution is 0.0951. The number of nitrogens with one attached hydrogen (secondary N) is 3. The van der Waals surface area contributed by atoms with E-state index in [1.54, 1.807) is 30.5 Å². The van der Waals surface area contributed by atoms with Crippen molar-refractivity contribution in [2.45, 2.75) is 0 Å². The second-order valence-electron chi connectivity index (χ2n) is 5.44. The molecule has 0 atom stereocenters. The van der Waals surface area contributed by atoms with Crippen LogP contribution in [-0.2, 0) is 0 Å². The summed E-state index contributed by atoms with van der Waals surface area (Å²) in [4.78, 5) is 27.2. The van der Waals surface area contributed by atoms with E-state index in [9.17, 15) is 9.59 Å². The summed E-state index contributed by atoms with van der Waals surface area (Å²) in [5, 5.41) is 12.1. The molecule has 0 unspecified atom stereocenters. The van der Waals surface area contributed by atoms with Gasteiger partial charge in [0.1, 0.15) is 0 Å². The van der Waals surface area contributed by atoms with Crippen LogP contribution in [0.4, 0.5) is 0 Å². The van der Waals surface area contributed by atoms with Gasteiger partial charge in [-0.1, -0.05) is 36.4 Å². The smallest absolute Gasteiger partial charge is 0.292 e. The topological polar surface area (TPSA) is 103 Å². The second-order valence-corrected chi connectivity index (χ2v) is 5.44. The number of nitrogens with zero attached hydrogens (tertiary/aromatic N) is 2. The number of hydrogen-bond acceptors (Lipinski definition) is 4. The maximum absolute atomic E-state index is 12.3. The minimum atomic E-state index is -0.497. The van der Waals surface area contributed by atoms with Crippen LogP contribution in [-0.4, -0.2) is 27.3 Å². The van der Waals surface area contributed by atoms with Gasteiger partial charge in [0.05, 0.1) is 11.6 Å². The molecule has 2 aromatic heterocycles. The normalized spacial score (nSPS) is 11.4. The molecule has 2 heterocycles. The Kier molecular flexibility index (Phi) is 3.59. The number of rotatable bonds is 3. The number of benzene rings is 2. The monoisotopic (exact) mass is 331 g/mol. The molecule has 0 aliphatic rings. The Hall–Kier alpha value is -3.74. The molecule has 0 radical (unpaired) electrons. The van der Waals surface area contributed by atoms with Gasteiger partial charge >= 0.3 is 0 Å². The summed E-state index contributed by atoms with van der Waals surface area (Å²) in [7, 11) is 0. The van der Waals surface area contributed by atoms with Gasteiger partial charge in [0.2, 0.25) is 0 Å². The van der Waals surface area contributed by atoms with Crippen LogP contribution in [0.15, 0.2) is 64.6 Å². The average Bonchev–Trinajstić information content (AvgIpc) is 3.05. The van der Waals surface area contributed by atoms with Crippen molar-refractivity contribution in [2.24, 2.45) is 5.10 Å². The maximum atomic E-state index is 12.3. The number of hydrogen-bond donors (Lipinski definition) is 3. The van der Waals surface area contributed by atoms with E-state index in [1.165, 1.54) is 0 Å². The summed E-state index contributed by atoms with van der Waals surface area (Å²) in [5.74, 6) is -0.497. The first-order valence-corrected chi connectivity index (χ1v) is 7.61. The van der Waals surface area contributed by atoms with E-state index in [2.05, 4.69) is 25.7 Å². The molecule has 4 aromatic rings. The van der Waals surface area contributed by atoms with E-state index in [1.807, 2.05) is 30.5 Å². The van der Waals surface area contributed by atoms with Crippen LogP contribution in [0.25, 0.3) is 21.7 Å². The molecule has 0 saturated heterocycles. The van der Waals surface area contributed by atoms with Crippen LogP contribution in [0.3, 0.4) is 0 Å². The summed E-state index contributed by atoms with van der Waals surface area (Å²) in [6, 6.07) is 14.6. The number of aromatic nitrogens is 3. The molecule has 0 aliphatic carbocycles. The van der Waals surface area contributed by atoms with E-state index < -0.39 is 5.91 Å². The summed E-state index contributed by atoms with van der Waals surface area (Å²) < 4.78 is 0. The molecule has 25 heavy (non-hydrogen) atoms. The number of para-hydroxylation sites is 1. The average molecular weight is 331 g/mol. The molecule has 3 N–H and O–H groups in total. The summed E-state index contributed by atoms with van der Waals surface area (Å²) in [5.41, 5.74) is 4.07. The third-order valence-corrected chi connectivity index (χ3v) is 3.90. The third-order valence-electron chi connectivity index (χ3n) is 3.90. The Labute approximate surface area is 141 Å². The van der Waals surface area contributed by atoms with Crippen LogP contribution in [0.2, 0.25) is 0 Å². The lowest BCUT2D eigenvalue weighted by Gasteiger charge is -2.02. The van der Waals surface area contributed by atoms with Crippen LogP contribution >= 0.6 is 0 Å². The van der Waals surface area contributed by atoms with Crippen LogP contribution in [0.1, 0.15) is 16.1 Å². The lowest BCUT2D eigenvalue weighted by Crippen LogP contribution is -2.22. The van der Waals surface area contributed by atoms with Gasteiger partial charge in [-0.05, 0) is 12.1 Å². The van der Waals surface area contributed by atoms with Crippen molar-refractivity contribution >= 4 is 33.8 Å². The fraction of sp³-hybridized carbons (Fsp3) is 0. The van der Waals surface area contributed by atoms with Gasteiger partial charge < -0.3 is 4.98 Å². The second kappa shape index (κ2) is 6.04. The van der Waals surface area contributed by atoms with E-state index in [0.29, 0.717) is 10.8 Å². The molecule has 122 valence electrons. The van der Waals surface area contributed by atoms with Gasteiger partial charge in [-0.15, -0.1) is 0 Å². The fourth-order valence-corrected chi connectivity index (χ4v) is 2.70. The molecule has 0 bridgehead atoms. The molecular weight excluding hydrogens is 318 g/mol. The zero-order valence-electron chi connectivity index (χ0n) is 13.0. The molecule has 0 aliphatic heterocycles. The Morgan fingerprint density at radius 2 is 1.76 bits per heavy atom. The summed E-state index contributed by atoms with van der Waals surface area (Å²) in [6.45, 7) is 0. The number of carbonyl (C=O) groups is 1. The first-order chi connectivity index (χ1) is 12.2. The molecule has 2 aromatic carbocycles. The Morgan fingerprint density at radius 1 is 1.04 bits per heavy atom. The minimum Gasteiger partial charge on any atom is -0.361 e. The highest BCUT2D eigenvalue weighted by atomic mass is 16.2. The molecule has 0 saturated carbocycles. The number of amides is 1. The molecule has 0 fully saturated rings. The van der Waals surface area contributed by atoms with Gasteiger partial charge in [0, 0.05) is 28.0 Å². The van der Waals surface area contributed by atoms with Crippen LogP contribution < -0.4 is 11.0 Å². The van der Waals surface area contributed by atoms with E-state index >= 15 is 0 Å². The largest absolute Gasteiger partial charge is 0.361 e. The summed E-state index contributed by atoms with van der Waals surface area (Å²) >= 11 is 0. The first-order valence-electron chi connectivity index (χ1n) is 7.61. The first kappa shape index (κ1) is 14.8. The van der Waals surface area contributed by atoms with Gasteiger partial charge in [-0.3, -0.25) is 9.59 Å². The summed E-state index contributed by atoms with van der Waals surface area (Å²) in [6.07, 6.45) is 3.37. The maximum Gasteiger partial charge on any atom is 0.292 e. The Bertz CT molecular complexity index is 1170. The number of H-pyrrole nitrogens is 2. The van der Waals surface area contributed by atoms with Gasteiger partial charge in [-0.25, -0.2) is 10.5 Å². The molecule has 0 spiro atoms. The van der Waals surface area contributed by atoms with Crippen molar-refractivity contribution in [1.29, 1.82) is 0 Å². The third kappa shape index (κ3) is 2.67. The van der Waals surface area contributed by atoms with E-state index in [0.717, 1.165) is 16.5 Å². The lowest BCUT2D eigenvalue weighted by atomic mass is 10.1. The van der Waals surface area contributed by atoms with E-state index in [-0.39, 0.29) is 11.3 Å². The van der Waals surface area contributed by atoms with Crippen molar-refractivity contribution in [3.05, 3.63) is 76.3 Å².